The Morgan fingerprint density at radius 1 is 0.808 bits per heavy atom. The van der Waals surface area contributed by atoms with Gasteiger partial charge in [-0.3, -0.25) is 4.90 Å². The van der Waals surface area contributed by atoms with Gasteiger partial charge < -0.3 is 9.64 Å². The maximum Gasteiger partial charge on any atom is 0.119 e. The lowest BCUT2D eigenvalue weighted by molar-refractivity contribution is 0.123. The molecule has 3 nitrogen and oxygen atoms in total. The first kappa shape index (κ1) is 18.3. The minimum absolute atomic E-state index is 0.648. The van der Waals surface area contributed by atoms with Gasteiger partial charge in [0.05, 0.1) is 6.61 Å². The molecule has 144 valence electrons. The first-order chi connectivity index (χ1) is 12.9. The number of hydrogen-bond donors (Lipinski definition) is 0. The van der Waals surface area contributed by atoms with E-state index in [1.54, 1.807) is 0 Å². The predicted octanol–water partition coefficient (Wildman–Crippen LogP) is 5.02. The quantitative estimate of drug-likeness (QED) is 0.638. The Balaban J connectivity index is 1.19. The maximum absolute atomic E-state index is 5.99. The molecule has 0 bridgehead atoms. The first-order valence-corrected chi connectivity index (χ1v) is 11.1. The van der Waals surface area contributed by atoms with E-state index in [1.165, 1.54) is 89.5 Å². The Hall–Kier alpha value is -1.06. The largest absolute Gasteiger partial charge is 0.494 e. The molecule has 0 aromatic heterocycles. The van der Waals surface area contributed by atoms with Crippen LogP contribution in [0.15, 0.2) is 24.3 Å². The highest BCUT2D eigenvalue weighted by atomic mass is 16.5. The molecule has 0 saturated carbocycles. The van der Waals surface area contributed by atoms with E-state index in [9.17, 15) is 0 Å². The zero-order chi connectivity index (χ0) is 17.6. The van der Waals surface area contributed by atoms with Gasteiger partial charge in [0.25, 0.3) is 0 Å². The summed E-state index contributed by atoms with van der Waals surface area (Å²) < 4.78 is 5.99. The van der Waals surface area contributed by atoms with E-state index < -0.39 is 0 Å². The van der Waals surface area contributed by atoms with Crippen molar-refractivity contribution in [2.75, 3.05) is 32.8 Å². The van der Waals surface area contributed by atoms with Gasteiger partial charge in [-0.25, -0.2) is 0 Å². The van der Waals surface area contributed by atoms with Crippen LogP contribution in [0.2, 0.25) is 0 Å². The fourth-order valence-electron chi connectivity index (χ4n) is 5.25. The standard InChI is InChI=1S/C23H36N2O/c1-2-15-24(16-3-1)17-4-5-19-26-22-13-11-20(12-14-22)23-10-6-8-21-9-7-18-25(21)23/h11-14,21,23H,1-10,15-19H2. The van der Waals surface area contributed by atoms with Crippen LogP contribution in [0.1, 0.15) is 75.8 Å². The number of rotatable bonds is 7. The Kier molecular flexibility index (Phi) is 6.50. The van der Waals surface area contributed by atoms with Crippen molar-refractivity contribution < 1.29 is 4.74 Å². The van der Waals surface area contributed by atoms with Gasteiger partial charge in [-0.15, -0.1) is 0 Å². The van der Waals surface area contributed by atoms with Crippen LogP contribution in [0.3, 0.4) is 0 Å². The van der Waals surface area contributed by atoms with Crippen molar-refractivity contribution in [3.63, 3.8) is 0 Å². The Bertz CT molecular complexity index is 538. The number of unbranched alkanes of at least 4 members (excludes halogenated alkanes) is 1. The van der Waals surface area contributed by atoms with Crippen LogP contribution in [-0.2, 0) is 0 Å². The number of ether oxygens (including phenoxy) is 1. The van der Waals surface area contributed by atoms with E-state index >= 15 is 0 Å². The molecule has 3 heteroatoms. The number of hydrogen-bond acceptors (Lipinski definition) is 3. The molecule has 0 radical (unpaired) electrons. The molecule has 3 saturated heterocycles. The molecule has 1 aromatic carbocycles. The molecule has 3 aliphatic rings. The molecule has 3 fully saturated rings. The van der Waals surface area contributed by atoms with Crippen molar-refractivity contribution in [3.05, 3.63) is 29.8 Å². The van der Waals surface area contributed by atoms with Gasteiger partial charge in [0.15, 0.2) is 0 Å². The van der Waals surface area contributed by atoms with Crippen LogP contribution in [-0.4, -0.2) is 48.6 Å². The molecule has 0 N–H and O–H groups in total. The second-order valence-electron chi connectivity index (χ2n) is 8.51. The van der Waals surface area contributed by atoms with Crippen molar-refractivity contribution in [1.29, 1.82) is 0 Å². The van der Waals surface area contributed by atoms with Crippen LogP contribution in [0, 0.1) is 0 Å². The molecule has 3 heterocycles. The van der Waals surface area contributed by atoms with E-state index in [0.717, 1.165) is 24.8 Å². The van der Waals surface area contributed by atoms with E-state index in [0.29, 0.717) is 6.04 Å². The molecule has 3 aliphatic heterocycles. The summed E-state index contributed by atoms with van der Waals surface area (Å²) in [4.78, 5) is 5.38. The second kappa shape index (κ2) is 9.23. The average molecular weight is 357 g/mol. The van der Waals surface area contributed by atoms with Gasteiger partial charge in [0, 0.05) is 12.1 Å². The van der Waals surface area contributed by atoms with Gasteiger partial charge in [-0.05, 0) is 102 Å². The number of benzene rings is 1. The monoisotopic (exact) mass is 356 g/mol. The third-order valence-electron chi connectivity index (χ3n) is 6.69. The Labute approximate surface area is 159 Å². The fraction of sp³-hybridized carbons (Fsp3) is 0.739. The van der Waals surface area contributed by atoms with Gasteiger partial charge >= 0.3 is 0 Å². The summed E-state index contributed by atoms with van der Waals surface area (Å²) in [6, 6.07) is 10.5. The molecule has 0 amide bonds. The fourth-order valence-corrected chi connectivity index (χ4v) is 5.25. The summed E-state index contributed by atoms with van der Waals surface area (Å²) in [6.45, 7) is 6.01. The van der Waals surface area contributed by atoms with Gasteiger partial charge in [0.2, 0.25) is 0 Å². The number of likely N-dealkylation sites (tertiary alicyclic amines) is 1. The molecule has 2 atom stereocenters. The first-order valence-electron chi connectivity index (χ1n) is 11.1. The van der Waals surface area contributed by atoms with Crippen molar-refractivity contribution in [1.82, 2.24) is 9.80 Å². The summed E-state index contributed by atoms with van der Waals surface area (Å²) in [5.41, 5.74) is 1.49. The number of nitrogens with zero attached hydrogens (tertiary/aromatic N) is 2. The van der Waals surface area contributed by atoms with E-state index in [4.69, 9.17) is 4.74 Å². The van der Waals surface area contributed by atoms with Crippen molar-refractivity contribution >= 4 is 0 Å². The molecular weight excluding hydrogens is 320 g/mol. The normalized spacial score (nSPS) is 27.4. The minimum atomic E-state index is 0.648. The summed E-state index contributed by atoms with van der Waals surface area (Å²) in [6.07, 6.45) is 13.6. The summed E-state index contributed by atoms with van der Waals surface area (Å²) in [5.74, 6) is 1.04. The minimum Gasteiger partial charge on any atom is -0.494 e. The highest BCUT2D eigenvalue weighted by Crippen LogP contribution is 2.39. The van der Waals surface area contributed by atoms with Gasteiger partial charge in [-0.1, -0.05) is 18.6 Å². The number of fused-ring (bicyclic) bond motifs is 1. The van der Waals surface area contributed by atoms with Crippen LogP contribution in [0.4, 0.5) is 0 Å². The average Bonchev–Trinajstić information content (AvgIpc) is 3.18. The van der Waals surface area contributed by atoms with Crippen LogP contribution in [0.5, 0.6) is 5.75 Å². The zero-order valence-corrected chi connectivity index (χ0v) is 16.4. The summed E-state index contributed by atoms with van der Waals surface area (Å²) in [5, 5.41) is 0. The second-order valence-corrected chi connectivity index (χ2v) is 8.51. The third kappa shape index (κ3) is 4.61. The van der Waals surface area contributed by atoms with Gasteiger partial charge in [0.1, 0.15) is 5.75 Å². The molecule has 0 spiro atoms. The van der Waals surface area contributed by atoms with Crippen LogP contribution in [0.25, 0.3) is 0 Å². The number of piperidine rings is 2. The van der Waals surface area contributed by atoms with E-state index in [2.05, 4.69) is 34.1 Å². The van der Waals surface area contributed by atoms with Crippen LogP contribution < -0.4 is 4.74 Å². The molecule has 0 aliphatic carbocycles. The molecule has 4 rings (SSSR count). The topological polar surface area (TPSA) is 15.7 Å². The van der Waals surface area contributed by atoms with E-state index in [1.807, 2.05) is 0 Å². The van der Waals surface area contributed by atoms with Gasteiger partial charge in [-0.2, -0.15) is 0 Å². The highest BCUT2D eigenvalue weighted by Gasteiger charge is 2.34. The van der Waals surface area contributed by atoms with Crippen molar-refractivity contribution in [2.45, 2.75) is 76.3 Å². The lowest BCUT2D eigenvalue weighted by Gasteiger charge is -2.38. The lowest BCUT2D eigenvalue weighted by Crippen LogP contribution is -2.37. The molecule has 1 aromatic rings. The summed E-state index contributed by atoms with van der Waals surface area (Å²) in [7, 11) is 0. The molecule has 2 unspecified atom stereocenters. The van der Waals surface area contributed by atoms with Crippen LogP contribution >= 0.6 is 0 Å². The molecular formula is C23H36N2O. The lowest BCUT2D eigenvalue weighted by atomic mass is 9.92. The Morgan fingerprint density at radius 3 is 2.46 bits per heavy atom. The predicted molar refractivity (Wildman–Crippen MR) is 108 cm³/mol. The Morgan fingerprint density at radius 2 is 1.62 bits per heavy atom. The third-order valence-corrected chi connectivity index (χ3v) is 6.69. The zero-order valence-electron chi connectivity index (χ0n) is 16.4. The summed E-state index contributed by atoms with van der Waals surface area (Å²) >= 11 is 0. The molecule has 26 heavy (non-hydrogen) atoms. The van der Waals surface area contributed by atoms with E-state index in [-0.39, 0.29) is 0 Å². The SMILES string of the molecule is c1cc(C2CCCC3CCCN32)ccc1OCCCCN1CCCCC1. The smallest absolute Gasteiger partial charge is 0.119 e. The van der Waals surface area contributed by atoms with Crippen molar-refractivity contribution in [3.8, 4) is 5.75 Å². The van der Waals surface area contributed by atoms with Crippen molar-refractivity contribution in [2.24, 2.45) is 0 Å². The maximum atomic E-state index is 5.99. The highest BCUT2D eigenvalue weighted by molar-refractivity contribution is 5.29.